The van der Waals surface area contributed by atoms with Crippen LogP contribution in [0.4, 0.5) is 13.2 Å². The summed E-state index contributed by atoms with van der Waals surface area (Å²) in [6.07, 6.45) is -1.22. The molecular formula is C27H27F3O3S. The predicted octanol–water partition coefficient (Wildman–Crippen LogP) is 8.17. The summed E-state index contributed by atoms with van der Waals surface area (Å²) in [6.45, 7) is 3.66. The Kier molecular flexibility index (Phi) is 8.67. The number of benzene rings is 3. The molecule has 0 saturated heterocycles. The van der Waals surface area contributed by atoms with Crippen LogP contribution in [0.15, 0.2) is 71.6 Å². The van der Waals surface area contributed by atoms with Crippen molar-refractivity contribution in [2.45, 2.75) is 49.4 Å². The average Bonchev–Trinajstić information content (AvgIpc) is 2.81. The number of hydrogen-bond acceptors (Lipinski definition) is 3. The zero-order valence-corrected chi connectivity index (χ0v) is 19.9. The van der Waals surface area contributed by atoms with Crippen molar-refractivity contribution in [1.82, 2.24) is 0 Å². The van der Waals surface area contributed by atoms with Gasteiger partial charge in [-0.25, -0.2) is 4.79 Å². The van der Waals surface area contributed by atoms with E-state index in [-0.39, 0.29) is 11.9 Å². The third-order valence-electron chi connectivity index (χ3n) is 5.42. The van der Waals surface area contributed by atoms with Gasteiger partial charge in [0.15, 0.2) is 6.61 Å². The van der Waals surface area contributed by atoms with Crippen LogP contribution in [0, 0.1) is 6.92 Å². The molecule has 0 saturated carbocycles. The van der Waals surface area contributed by atoms with Gasteiger partial charge in [-0.05, 0) is 65.9 Å². The minimum absolute atomic E-state index is 0.215. The average molecular weight is 489 g/mol. The first-order valence-electron chi connectivity index (χ1n) is 11.1. The molecule has 34 heavy (non-hydrogen) atoms. The smallest absolute Gasteiger partial charge is 0.416 e. The van der Waals surface area contributed by atoms with Crippen LogP contribution in [0.1, 0.15) is 48.1 Å². The van der Waals surface area contributed by atoms with E-state index in [0.29, 0.717) is 5.75 Å². The van der Waals surface area contributed by atoms with E-state index >= 15 is 0 Å². The Balaban J connectivity index is 1.76. The lowest BCUT2D eigenvalue weighted by molar-refractivity contribution is -0.139. The monoisotopic (exact) mass is 488 g/mol. The number of carbonyl (C=O) groups is 1. The number of aryl methyl sites for hydroxylation is 1. The minimum atomic E-state index is -4.34. The third-order valence-corrected chi connectivity index (χ3v) is 6.74. The molecule has 0 amide bonds. The quantitative estimate of drug-likeness (QED) is 0.292. The molecule has 0 unspecified atom stereocenters. The van der Waals surface area contributed by atoms with E-state index in [2.05, 4.69) is 6.92 Å². The van der Waals surface area contributed by atoms with Crippen LogP contribution in [-0.2, 0) is 11.0 Å². The van der Waals surface area contributed by atoms with Crippen molar-refractivity contribution in [3.05, 3.63) is 83.4 Å². The molecule has 0 spiro atoms. The molecule has 1 N–H and O–H groups in total. The number of unbranched alkanes of at least 4 members (excludes halogenated alkanes) is 1. The molecule has 0 heterocycles. The fourth-order valence-corrected chi connectivity index (χ4v) is 4.88. The van der Waals surface area contributed by atoms with Gasteiger partial charge in [-0.2, -0.15) is 13.2 Å². The number of thioether (sulfide) groups is 1. The molecule has 0 aliphatic rings. The van der Waals surface area contributed by atoms with Crippen LogP contribution in [0.3, 0.4) is 0 Å². The number of carboxylic acids is 1. The second-order valence-corrected chi connectivity index (χ2v) is 9.33. The van der Waals surface area contributed by atoms with Crippen LogP contribution in [0.2, 0.25) is 0 Å². The van der Waals surface area contributed by atoms with Gasteiger partial charge in [-0.15, -0.1) is 11.8 Å². The van der Waals surface area contributed by atoms with E-state index in [9.17, 15) is 18.0 Å². The Labute approximate surface area is 202 Å². The molecule has 3 aromatic carbocycles. The first-order chi connectivity index (χ1) is 16.2. The molecule has 7 heteroatoms. The van der Waals surface area contributed by atoms with Crippen molar-refractivity contribution in [2.75, 3.05) is 6.61 Å². The Bertz CT molecular complexity index is 1090. The number of carboxylic acid groups (broad SMARTS) is 1. The van der Waals surface area contributed by atoms with Crippen molar-refractivity contribution >= 4 is 17.7 Å². The standard InChI is InChI=1S/C27H27F3O3S/c1-3-4-5-25(34-23-14-15-24(18(2)16-23)33-17-26(31)32)21-8-6-19(7-9-21)20-10-12-22(13-11-20)27(28,29)30/h6-16,25H,3-5,17H2,1-2H3,(H,31,32)/t25-/m1/s1. The Morgan fingerprint density at radius 2 is 1.62 bits per heavy atom. The molecule has 0 radical (unpaired) electrons. The molecule has 0 aromatic heterocycles. The molecule has 0 fully saturated rings. The van der Waals surface area contributed by atoms with Gasteiger partial charge in [-0.1, -0.05) is 56.2 Å². The molecule has 3 aromatic rings. The van der Waals surface area contributed by atoms with Gasteiger partial charge in [0.05, 0.1) is 5.56 Å². The highest BCUT2D eigenvalue weighted by Gasteiger charge is 2.30. The molecule has 3 rings (SSSR count). The second kappa shape index (κ2) is 11.5. The van der Waals surface area contributed by atoms with Gasteiger partial charge in [0.25, 0.3) is 0 Å². The number of halogens is 3. The Morgan fingerprint density at radius 3 is 2.15 bits per heavy atom. The van der Waals surface area contributed by atoms with Crippen molar-refractivity contribution in [2.24, 2.45) is 0 Å². The van der Waals surface area contributed by atoms with Gasteiger partial charge in [-0.3, -0.25) is 0 Å². The third kappa shape index (κ3) is 7.03. The molecule has 3 nitrogen and oxygen atoms in total. The van der Waals surface area contributed by atoms with Crippen LogP contribution in [-0.4, -0.2) is 17.7 Å². The summed E-state index contributed by atoms with van der Waals surface area (Å²) >= 11 is 1.74. The lowest BCUT2D eigenvalue weighted by Gasteiger charge is -2.18. The zero-order valence-electron chi connectivity index (χ0n) is 19.1. The number of aliphatic carboxylic acids is 1. The first-order valence-corrected chi connectivity index (χ1v) is 11.9. The summed E-state index contributed by atoms with van der Waals surface area (Å²) in [4.78, 5) is 11.8. The largest absolute Gasteiger partial charge is 0.482 e. The van der Waals surface area contributed by atoms with E-state index in [4.69, 9.17) is 9.84 Å². The summed E-state index contributed by atoms with van der Waals surface area (Å²) < 4.78 is 43.8. The number of ether oxygens (including phenoxy) is 1. The Morgan fingerprint density at radius 1 is 1.00 bits per heavy atom. The molecule has 1 atom stereocenters. The summed E-state index contributed by atoms with van der Waals surface area (Å²) in [5.41, 5.74) is 2.98. The van der Waals surface area contributed by atoms with Crippen LogP contribution in [0.25, 0.3) is 11.1 Å². The summed E-state index contributed by atoms with van der Waals surface area (Å²) in [5.74, 6) is -0.463. The summed E-state index contributed by atoms with van der Waals surface area (Å²) in [5, 5.41) is 9.02. The number of hydrogen-bond donors (Lipinski definition) is 1. The highest BCUT2D eigenvalue weighted by molar-refractivity contribution is 7.99. The van der Waals surface area contributed by atoms with Gasteiger partial charge < -0.3 is 9.84 Å². The SMILES string of the molecule is CCCC[C@@H](Sc1ccc(OCC(=O)O)c(C)c1)c1ccc(-c2ccc(C(F)(F)F)cc2)cc1. The van der Waals surface area contributed by atoms with Crippen LogP contribution in [0.5, 0.6) is 5.75 Å². The predicted molar refractivity (Wildman–Crippen MR) is 129 cm³/mol. The Hall–Kier alpha value is -2.93. The maximum Gasteiger partial charge on any atom is 0.416 e. The summed E-state index contributed by atoms with van der Waals surface area (Å²) in [7, 11) is 0. The molecule has 0 bridgehead atoms. The highest BCUT2D eigenvalue weighted by Crippen LogP contribution is 2.41. The zero-order chi connectivity index (χ0) is 24.7. The van der Waals surface area contributed by atoms with Crippen molar-refractivity contribution < 1.29 is 27.8 Å². The molecular weight excluding hydrogens is 461 g/mol. The molecule has 0 aliphatic heterocycles. The van der Waals surface area contributed by atoms with Crippen molar-refractivity contribution in [3.8, 4) is 16.9 Å². The number of rotatable bonds is 10. The molecule has 180 valence electrons. The normalized spacial score (nSPS) is 12.4. The van der Waals surface area contributed by atoms with E-state index in [1.54, 1.807) is 17.8 Å². The van der Waals surface area contributed by atoms with Gasteiger partial charge in [0.1, 0.15) is 5.75 Å². The maximum absolute atomic E-state index is 12.8. The fourth-order valence-electron chi connectivity index (χ4n) is 3.59. The lowest BCUT2D eigenvalue weighted by Crippen LogP contribution is -2.10. The van der Waals surface area contributed by atoms with Crippen molar-refractivity contribution in [3.63, 3.8) is 0 Å². The van der Waals surface area contributed by atoms with E-state index in [1.807, 2.05) is 43.3 Å². The van der Waals surface area contributed by atoms with E-state index in [0.717, 1.165) is 58.5 Å². The summed E-state index contributed by atoms with van der Waals surface area (Å²) in [6, 6.07) is 18.9. The maximum atomic E-state index is 12.8. The highest BCUT2D eigenvalue weighted by atomic mass is 32.2. The van der Waals surface area contributed by atoms with E-state index in [1.165, 1.54) is 12.1 Å². The topological polar surface area (TPSA) is 46.5 Å². The number of alkyl halides is 3. The van der Waals surface area contributed by atoms with Crippen molar-refractivity contribution in [1.29, 1.82) is 0 Å². The van der Waals surface area contributed by atoms with Gasteiger partial charge in [0, 0.05) is 10.1 Å². The fraction of sp³-hybridized carbons (Fsp3) is 0.296. The van der Waals surface area contributed by atoms with Gasteiger partial charge in [0.2, 0.25) is 0 Å². The lowest BCUT2D eigenvalue weighted by atomic mass is 10.00. The molecule has 0 aliphatic carbocycles. The first kappa shape index (κ1) is 25.7. The van der Waals surface area contributed by atoms with Crippen LogP contribution < -0.4 is 4.74 Å². The van der Waals surface area contributed by atoms with Gasteiger partial charge >= 0.3 is 12.1 Å². The van der Waals surface area contributed by atoms with Crippen LogP contribution >= 0.6 is 11.8 Å². The van der Waals surface area contributed by atoms with E-state index < -0.39 is 17.7 Å². The second-order valence-electron chi connectivity index (χ2n) is 8.06. The minimum Gasteiger partial charge on any atom is -0.482 e.